The third-order valence-electron chi connectivity index (χ3n) is 4.70. The van der Waals surface area contributed by atoms with E-state index in [9.17, 15) is 14.7 Å². The van der Waals surface area contributed by atoms with Crippen LogP contribution < -0.4 is 11.2 Å². The number of nitriles is 1. The van der Waals surface area contributed by atoms with Crippen LogP contribution in [0.5, 0.6) is 0 Å². The molecule has 1 unspecified atom stereocenters. The van der Waals surface area contributed by atoms with Crippen LogP contribution in [0.25, 0.3) is 0 Å². The van der Waals surface area contributed by atoms with Crippen LogP contribution in [0.15, 0.2) is 15.8 Å². The summed E-state index contributed by atoms with van der Waals surface area (Å²) in [6, 6.07) is 2.32. The highest BCUT2D eigenvalue weighted by atomic mass is 31.2. The third-order valence-corrected chi connectivity index (χ3v) is 6.86. The molecule has 1 aromatic heterocycles. The van der Waals surface area contributed by atoms with E-state index in [1.54, 1.807) is 6.92 Å². The van der Waals surface area contributed by atoms with E-state index in [1.807, 2.05) is 27.7 Å². The number of hydrogen-bond donors (Lipinski definition) is 2. The van der Waals surface area contributed by atoms with Gasteiger partial charge in [-0.3, -0.25) is 14.3 Å². The lowest BCUT2D eigenvalue weighted by atomic mass is 10.2. The number of rotatable bonds is 10. The van der Waals surface area contributed by atoms with E-state index in [0.29, 0.717) is 12.0 Å². The predicted octanol–water partition coefficient (Wildman–Crippen LogP) is 1.79. The Morgan fingerprint density at radius 1 is 1.40 bits per heavy atom. The normalized spacial score (nSPS) is 22.7. The Morgan fingerprint density at radius 2 is 2.07 bits per heavy atom. The molecule has 30 heavy (non-hydrogen) atoms. The lowest BCUT2D eigenvalue weighted by Gasteiger charge is -2.37. The first-order chi connectivity index (χ1) is 14.2. The van der Waals surface area contributed by atoms with Crippen molar-refractivity contribution in [1.82, 2.24) is 14.2 Å². The van der Waals surface area contributed by atoms with Crippen molar-refractivity contribution in [2.75, 3.05) is 13.2 Å². The average Bonchev–Trinajstić information content (AvgIpc) is 3.06. The number of aryl methyl sites for hydroxylation is 1. The Balaban J connectivity index is 2.24. The molecular formula is C19H31N4O6P. The van der Waals surface area contributed by atoms with E-state index < -0.39 is 38.2 Å². The van der Waals surface area contributed by atoms with Crippen molar-refractivity contribution in [1.29, 1.82) is 5.26 Å². The van der Waals surface area contributed by atoms with Crippen LogP contribution in [0.3, 0.4) is 0 Å². The number of aliphatic hydroxyl groups is 1. The highest BCUT2D eigenvalue weighted by Crippen LogP contribution is 2.49. The van der Waals surface area contributed by atoms with Crippen molar-refractivity contribution < 1.29 is 18.9 Å². The summed E-state index contributed by atoms with van der Waals surface area (Å²) in [5.41, 5.74) is -0.637. The molecule has 4 atom stereocenters. The Hall–Kier alpha value is -1.60. The largest absolute Gasteiger partial charge is 0.394 e. The number of aliphatic hydroxyl groups excluding tert-OH is 1. The summed E-state index contributed by atoms with van der Waals surface area (Å²) in [7, 11) is -1.52. The number of aromatic nitrogens is 2. The minimum atomic E-state index is -1.52. The van der Waals surface area contributed by atoms with Gasteiger partial charge in [-0.2, -0.15) is 5.26 Å². The van der Waals surface area contributed by atoms with Gasteiger partial charge in [0.05, 0.1) is 31.8 Å². The molecule has 0 spiro atoms. The van der Waals surface area contributed by atoms with Gasteiger partial charge in [-0.1, -0.05) is 0 Å². The molecule has 0 saturated carbocycles. The monoisotopic (exact) mass is 442 g/mol. The van der Waals surface area contributed by atoms with Gasteiger partial charge in [0.25, 0.3) is 14.1 Å². The van der Waals surface area contributed by atoms with Crippen LogP contribution in [0.1, 0.15) is 52.3 Å². The zero-order chi connectivity index (χ0) is 22.4. The Morgan fingerprint density at radius 3 is 2.63 bits per heavy atom. The van der Waals surface area contributed by atoms with Gasteiger partial charge in [-0.15, -0.1) is 0 Å². The predicted molar refractivity (Wildman–Crippen MR) is 112 cm³/mol. The fourth-order valence-corrected chi connectivity index (χ4v) is 5.11. The molecule has 168 valence electrons. The van der Waals surface area contributed by atoms with Gasteiger partial charge in [0.2, 0.25) is 0 Å². The molecule has 0 aliphatic carbocycles. The van der Waals surface area contributed by atoms with E-state index in [0.717, 1.165) is 0 Å². The average molecular weight is 442 g/mol. The van der Waals surface area contributed by atoms with Crippen molar-refractivity contribution in [2.45, 2.75) is 78.0 Å². The quantitative estimate of drug-likeness (QED) is 0.414. The molecule has 2 heterocycles. The standard InChI is InChI=1S/C19H31N4O6P/c1-12(2)23(13(3)4)30(27-8-6-7-20)29-15-9-17(28-16(15)11-24)22-10-14(5)18(25)21-19(22)26/h10,12-13,15-17,24H,6,8-9,11H2,1-5H3,(H,21,25,26)/t15-,16-,17-,30?/m1/s1. The first-order valence-electron chi connectivity index (χ1n) is 10.0. The third kappa shape index (κ3) is 5.97. The minimum Gasteiger partial charge on any atom is -0.394 e. The van der Waals surface area contributed by atoms with E-state index >= 15 is 0 Å². The Kier molecular flexibility index (Phi) is 9.16. The maximum Gasteiger partial charge on any atom is 0.330 e. The zero-order valence-corrected chi connectivity index (χ0v) is 19.0. The Labute approximate surface area is 177 Å². The second kappa shape index (κ2) is 11.1. The highest BCUT2D eigenvalue weighted by molar-refractivity contribution is 7.44. The molecule has 1 aliphatic rings. The summed E-state index contributed by atoms with van der Waals surface area (Å²) >= 11 is 0. The second-order valence-corrected chi connectivity index (χ2v) is 9.12. The summed E-state index contributed by atoms with van der Waals surface area (Å²) in [5.74, 6) is 0. The van der Waals surface area contributed by atoms with Crippen molar-refractivity contribution in [3.8, 4) is 6.07 Å². The molecule has 10 nitrogen and oxygen atoms in total. The fraction of sp³-hybridized carbons (Fsp3) is 0.737. The lowest BCUT2D eigenvalue weighted by molar-refractivity contribution is -0.0439. The SMILES string of the molecule is Cc1cn([C@H]2C[C@@H](OP(OCCC#N)N(C(C)C)C(C)C)[C@@H](CO)O2)c(=O)[nH]c1=O. The van der Waals surface area contributed by atoms with E-state index in [-0.39, 0.29) is 31.7 Å². The number of hydrogen-bond acceptors (Lipinski definition) is 8. The van der Waals surface area contributed by atoms with Crippen LogP contribution in [-0.2, 0) is 13.8 Å². The van der Waals surface area contributed by atoms with E-state index in [1.165, 1.54) is 10.8 Å². The first kappa shape index (κ1) is 24.7. The van der Waals surface area contributed by atoms with Crippen molar-refractivity contribution in [3.05, 3.63) is 32.6 Å². The van der Waals surface area contributed by atoms with Crippen LogP contribution in [0.4, 0.5) is 0 Å². The summed E-state index contributed by atoms with van der Waals surface area (Å²) in [6.45, 7) is 9.69. The molecule has 1 saturated heterocycles. The minimum absolute atomic E-state index is 0.133. The maximum atomic E-state index is 12.2. The molecular weight excluding hydrogens is 411 g/mol. The molecule has 1 fully saturated rings. The van der Waals surface area contributed by atoms with Crippen molar-refractivity contribution in [3.63, 3.8) is 0 Å². The van der Waals surface area contributed by atoms with Gasteiger partial charge >= 0.3 is 5.69 Å². The highest BCUT2D eigenvalue weighted by Gasteiger charge is 2.41. The summed E-state index contributed by atoms with van der Waals surface area (Å²) in [5, 5.41) is 18.7. The maximum absolute atomic E-state index is 12.2. The van der Waals surface area contributed by atoms with Crippen LogP contribution in [0, 0.1) is 18.3 Å². The molecule has 1 aliphatic heterocycles. The van der Waals surface area contributed by atoms with Crippen LogP contribution in [0.2, 0.25) is 0 Å². The molecule has 11 heteroatoms. The van der Waals surface area contributed by atoms with Crippen molar-refractivity contribution >= 4 is 8.53 Å². The summed E-state index contributed by atoms with van der Waals surface area (Å²) < 4.78 is 21.5. The van der Waals surface area contributed by atoms with E-state index in [2.05, 4.69) is 15.7 Å². The van der Waals surface area contributed by atoms with Gasteiger partial charge in [-0.25, -0.2) is 9.46 Å². The molecule has 0 bridgehead atoms. The van der Waals surface area contributed by atoms with Gasteiger partial charge < -0.3 is 18.9 Å². The molecule has 1 aromatic rings. The molecule has 2 rings (SSSR count). The smallest absolute Gasteiger partial charge is 0.330 e. The van der Waals surface area contributed by atoms with Crippen LogP contribution >= 0.6 is 8.53 Å². The Bertz CT molecular complexity index is 841. The summed E-state index contributed by atoms with van der Waals surface area (Å²) in [4.78, 5) is 26.1. The lowest BCUT2D eigenvalue weighted by Crippen LogP contribution is -2.36. The van der Waals surface area contributed by atoms with Gasteiger partial charge in [-0.05, 0) is 34.6 Å². The van der Waals surface area contributed by atoms with Crippen LogP contribution in [-0.4, -0.2) is 56.8 Å². The molecule has 0 amide bonds. The summed E-state index contributed by atoms with van der Waals surface area (Å²) in [6.07, 6.45) is 0.139. The van der Waals surface area contributed by atoms with E-state index in [4.69, 9.17) is 19.0 Å². The van der Waals surface area contributed by atoms with Gasteiger partial charge in [0.1, 0.15) is 12.3 Å². The first-order valence-corrected chi connectivity index (χ1v) is 11.2. The number of ether oxygens (including phenoxy) is 1. The number of H-pyrrole nitrogens is 1. The molecule has 0 aromatic carbocycles. The number of nitrogens with zero attached hydrogens (tertiary/aromatic N) is 3. The number of nitrogens with one attached hydrogen (secondary N) is 1. The topological polar surface area (TPSA) is 130 Å². The number of aromatic amines is 1. The van der Waals surface area contributed by atoms with Gasteiger partial charge in [0.15, 0.2) is 0 Å². The zero-order valence-electron chi connectivity index (χ0n) is 18.1. The molecule has 2 N–H and O–H groups in total. The van der Waals surface area contributed by atoms with Gasteiger partial charge in [0, 0.05) is 30.3 Å². The molecule has 0 radical (unpaired) electrons. The fourth-order valence-electron chi connectivity index (χ4n) is 3.36. The van der Waals surface area contributed by atoms with Crippen molar-refractivity contribution in [2.24, 2.45) is 0 Å². The second-order valence-electron chi connectivity index (χ2n) is 7.72.